The van der Waals surface area contributed by atoms with Crippen molar-refractivity contribution in [3.05, 3.63) is 82.5 Å². The van der Waals surface area contributed by atoms with E-state index in [-0.39, 0.29) is 24.0 Å². The molecule has 150 valence electrons. The van der Waals surface area contributed by atoms with Crippen molar-refractivity contribution in [1.82, 2.24) is 0 Å². The Balaban J connectivity index is 1.62. The van der Waals surface area contributed by atoms with E-state index >= 15 is 0 Å². The highest BCUT2D eigenvalue weighted by molar-refractivity contribution is 6.31. The average molecular weight is 419 g/mol. The van der Waals surface area contributed by atoms with Gasteiger partial charge in [-0.15, -0.1) is 0 Å². The monoisotopic (exact) mass is 418 g/mol. The van der Waals surface area contributed by atoms with Gasteiger partial charge < -0.3 is 24.5 Å². The zero-order valence-electron chi connectivity index (χ0n) is 15.2. The van der Waals surface area contributed by atoms with Crippen molar-refractivity contribution in [2.45, 2.75) is 6.61 Å². The van der Waals surface area contributed by atoms with Gasteiger partial charge in [0.05, 0.1) is 12.7 Å². The largest absolute Gasteiger partial charge is 0.496 e. The van der Waals surface area contributed by atoms with Crippen molar-refractivity contribution >= 4 is 23.4 Å². The average Bonchev–Trinajstić information content (AvgIpc) is 3.20. The SMILES string of the molecule is COc1ccc(Cl)cc1/C(N)=N/OC(=O)c1ccc(COc2ccc(F)cc2)o1. The van der Waals surface area contributed by atoms with Gasteiger partial charge in [-0.25, -0.2) is 9.18 Å². The standard InChI is InChI=1S/C20H16ClFN2O5/c1-26-17-8-2-12(21)10-16(17)19(23)24-29-20(25)18-9-7-15(28-18)11-27-14-5-3-13(22)4-6-14/h2-10H,11H2,1H3,(H2,23,24). The number of hydrogen-bond acceptors (Lipinski definition) is 6. The number of methoxy groups -OCH3 is 1. The highest BCUT2D eigenvalue weighted by Crippen LogP contribution is 2.22. The van der Waals surface area contributed by atoms with Crippen molar-refractivity contribution in [3.8, 4) is 11.5 Å². The summed E-state index contributed by atoms with van der Waals surface area (Å²) in [5.74, 6) is -0.140. The molecule has 2 aromatic carbocycles. The lowest BCUT2D eigenvalue weighted by molar-refractivity contribution is 0.0475. The molecule has 1 heterocycles. The number of benzene rings is 2. The lowest BCUT2D eigenvalue weighted by atomic mass is 10.2. The van der Waals surface area contributed by atoms with E-state index < -0.39 is 5.97 Å². The number of carbonyl (C=O) groups excluding carboxylic acids is 1. The Morgan fingerprint density at radius 2 is 1.93 bits per heavy atom. The van der Waals surface area contributed by atoms with Gasteiger partial charge in [0.2, 0.25) is 5.76 Å². The fraction of sp³-hybridized carbons (Fsp3) is 0.100. The minimum Gasteiger partial charge on any atom is -0.496 e. The Morgan fingerprint density at radius 3 is 2.66 bits per heavy atom. The van der Waals surface area contributed by atoms with Crippen LogP contribution >= 0.6 is 11.6 Å². The number of carbonyl (C=O) groups is 1. The molecule has 2 N–H and O–H groups in total. The van der Waals surface area contributed by atoms with E-state index in [1.165, 1.54) is 43.5 Å². The second-order valence-corrected chi connectivity index (χ2v) is 6.14. The smallest absolute Gasteiger partial charge is 0.400 e. The summed E-state index contributed by atoms with van der Waals surface area (Å²) >= 11 is 5.94. The maximum atomic E-state index is 12.9. The van der Waals surface area contributed by atoms with Crippen molar-refractivity contribution in [1.29, 1.82) is 0 Å². The molecule has 3 rings (SSSR count). The molecule has 0 radical (unpaired) electrons. The lowest BCUT2D eigenvalue weighted by Gasteiger charge is -2.07. The van der Waals surface area contributed by atoms with Crippen molar-refractivity contribution in [2.24, 2.45) is 10.9 Å². The number of nitrogens with zero attached hydrogens (tertiary/aromatic N) is 1. The minimum absolute atomic E-state index is 0.0457. The molecule has 0 aliphatic carbocycles. The predicted molar refractivity (Wildman–Crippen MR) is 104 cm³/mol. The van der Waals surface area contributed by atoms with Crippen molar-refractivity contribution in [2.75, 3.05) is 7.11 Å². The molecular weight excluding hydrogens is 403 g/mol. The Kier molecular flexibility index (Phi) is 6.36. The number of ether oxygens (including phenoxy) is 2. The van der Waals surface area contributed by atoms with E-state index in [2.05, 4.69) is 5.16 Å². The number of halogens is 2. The second kappa shape index (κ2) is 9.11. The van der Waals surface area contributed by atoms with Crippen molar-refractivity contribution < 1.29 is 27.9 Å². The number of oxime groups is 1. The van der Waals surface area contributed by atoms with Crippen LogP contribution in [0.1, 0.15) is 21.9 Å². The summed E-state index contributed by atoms with van der Waals surface area (Å²) in [7, 11) is 1.46. The first kappa shape index (κ1) is 20.2. The summed E-state index contributed by atoms with van der Waals surface area (Å²) in [6, 6.07) is 13.2. The second-order valence-electron chi connectivity index (χ2n) is 5.71. The highest BCUT2D eigenvalue weighted by Gasteiger charge is 2.15. The first-order valence-electron chi connectivity index (χ1n) is 8.32. The number of hydrogen-bond donors (Lipinski definition) is 1. The van der Waals surface area contributed by atoms with E-state index in [1.54, 1.807) is 18.2 Å². The van der Waals surface area contributed by atoms with Gasteiger partial charge in [0, 0.05) is 5.02 Å². The van der Waals surface area contributed by atoms with Gasteiger partial charge in [0.25, 0.3) is 0 Å². The molecule has 0 atom stereocenters. The Hall–Kier alpha value is -3.52. The first-order chi connectivity index (χ1) is 14.0. The maximum Gasteiger partial charge on any atom is 0.400 e. The third kappa shape index (κ3) is 5.26. The minimum atomic E-state index is -0.845. The van der Waals surface area contributed by atoms with Crippen LogP contribution in [0, 0.1) is 5.82 Å². The third-order valence-electron chi connectivity index (χ3n) is 3.72. The van der Waals surface area contributed by atoms with Crippen molar-refractivity contribution in [3.63, 3.8) is 0 Å². The normalized spacial score (nSPS) is 11.2. The molecule has 0 saturated carbocycles. The molecule has 9 heteroatoms. The summed E-state index contributed by atoms with van der Waals surface area (Å²) in [5.41, 5.74) is 6.23. The van der Waals surface area contributed by atoms with Crippen LogP contribution in [0.4, 0.5) is 4.39 Å². The molecule has 0 aliphatic rings. The molecule has 7 nitrogen and oxygen atoms in total. The van der Waals surface area contributed by atoms with Crippen LogP contribution in [0.5, 0.6) is 11.5 Å². The summed E-state index contributed by atoms with van der Waals surface area (Å²) in [6.07, 6.45) is 0. The Bertz CT molecular complexity index is 1030. The summed E-state index contributed by atoms with van der Waals surface area (Å²) in [5, 5.41) is 4.03. The third-order valence-corrected chi connectivity index (χ3v) is 3.96. The van der Waals surface area contributed by atoms with E-state index in [9.17, 15) is 9.18 Å². The summed E-state index contributed by atoms with van der Waals surface area (Å²) in [4.78, 5) is 16.9. The number of furan rings is 1. The van der Waals surface area contributed by atoms with Gasteiger partial charge in [-0.1, -0.05) is 16.8 Å². The zero-order chi connectivity index (χ0) is 20.8. The highest BCUT2D eigenvalue weighted by atomic mass is 35.5. The fourth-order valence-electron chi connectivity index (χ4n) is 2.32. The molecule has 0 saturated heterocycles. The molecule has 0 spiro atoms. The number of rotatable bonds is 7. The molecule has 0 aliphatic heterocycles. The lowest BCUT2D eigenvalue weighted by Crippen LogP contribution is -2.16. The Labute approximate surface area is 170 Å². The van der Waals surface area contributed by atoms with E-state index in [1.807, 2.05) is 0 Å². The van der Waals surface area contributed by atoms with E-state index in [4.69, 9.17) is 36.1 Å². The zero-order valence-corrected chi connectivity index (χ0v) is 16.0. The maximum absolute atomic E-state index is 12.9. The molecular formula is C20H16ClFN2O5. The first-order valence-corrected chi connectivity index (χ1v) is 8.70. The predicted octanol–water partition coefficient (Wildman–Crippen LogP) is 4.14. The van der Waals surface area contributed by atoms with Crippen LogP contribution in [0.2, 0.25) is 5.02 Å². The molecule has 0 bridgehead atoms. The van der Waals surface area contributed by atoms with E-state index in [0.717, 1.165) is 0 Å². The fourth-order valence-corrected chi connectivity index (χ4v) is 2.49. The summed E-state index contributed by atoms with van der Waals surface area (Å²) < 4.78 is 28.9. The van der Waals surface area contributed by atoms with Crippen LogP contribution in [0.3, 0.4) is 0 Å². The topological polar surface area (TPSA) is 96.3 Å². The number of amidine groups is 1. The van der Waals surface area contributed by atoms with E-state index in [0.29, 0.717) is 27.8 Å². The van der Waals surface area contributed by atoms with Gasteiger partial charge in [-0.3, -0.25) is 0 Å². The van der Waals surface area contributed by atoms with Crippen LogP contribution < -0.4 is 15.2 Å². The van der Waals surface area contributed by atoms with Crippen LogP contribution in [-0.2, 0) is 11.4 Å². The summed E-state index contributed by atoms with van der Waals surface area (Å²) in [6.45, 7) is 0.0457. The molecule has 0 amide bonds. The molecule has 0 unspecified atom stereocenters. The van der Waals surface area contributed by atoms with Crippen LogP contribution in [0.25, 0.3) is 0 Å². The molecule has 3 aromatic rings. The molecule has 29 heavy (non-hydrogen) atoms. The quantitative estimate of drug-likeness (QED) is 0.268. The molecule has 1 aromatic heterocycles. The Morgan fingerprint density at radius 1 is 1.17 bits per heavy atom. The van der Waals surface area contributed by atoms with Gasteiger partial charge in [0.15, 0.2) is 5.84 Å². The van der Waals surface area contributed by atoms with Crippen LogP contribution in [0.15, 0.2) is 64.2 Å². The van der Waals surface area contributed by atoms with Gasteiger partial charge in [-0.05, 0) is 54.6 Å². The molecule has 0 fully saturated rings. The van der Waals surface area contributed by atoms with Gasteiger partial charge in [0.1, 0.15) is 29.7 Å². The number of nitrogens with two attached hydrogens (primary N) is 1. The van der Waals surface area contributed by atoms with Gasteiger partial charge in [-0.2, -0.15) is 0 Å². The van der Waals surface area contributed by atoms with Crippen LogP contribution in [-0.4, -0.2) is 18.9 Å². The van der Waals surface area contributed by atoms with Gasteiger partial charge >= 0.3 is 5.97 Å².